The molecule has 0 saturated carbocycles. The van der Waals surface area contributed by atoms with Crippen molar-refractivity contribution in [3.63, 3.8) is 0 Å². The van der Waals surface area contributed by atoms with Crippen LogP contribution in [-0.4, -0.2) is 11.1 Å². The van der Waals surface area contributed by atoms with E-state index in [1.54, 1.807) is 18.3 Å². The molecule has 0 aliphatic heterocycles. The molecule has 0 atom stereocenters. The van der Waals surface area contributed by atoms with E-state index in [4.69, 9.17) is 0 Å². The molecule has 0 amide bonds. The van der Waals surface area contributed by atoms with Crippen molar-refractivity contribution in [1.29, 1.82) is 0 Å². The summed E-state index contributed by atoms with van der Waals surface area (Å²) in [4.78, 5) is 14.6. The van der Waals surface area contributed by atoms with Gasteiger partial charge in [0, 0.05) is 18.3 Å². The zero-order valence-electron chi connectivity index (χ0n) is 13.4. The summed E-state index contributed by atoms with van der Waals surface area (Å²) in [5, 5.41) is 10.6. The minimum absolute atomic E-state index is 0.0922. The third kappa shape index (κ3) is 5.66. The van der Waals surface area contributed by atoms with Gasteiger partial charge in [0.05, 0.1) is 10.6 Å². The number of nitro groups is 1. The van der Waals surface area contributed by atoms with E-state index in [1.165, 1.54) is 43.4 Å². The number of aryl methyl sites for hydroxylation is 1. The van der Waals surface area contributed by atoms with Gasteiger partial charge in [-0.05, 0) is 48.2 Å². The largest absolute Gasteiger partial charge is 0.269 e. The maximum absolute atomic E-state index is 10.6. The minimum atomic E-state index is -0.403. The Kier molecular flexibility index (Phi) is 6.48. The number of hydrogen-bond acceptors (Lipinski definition) is 3. The molecule has 0 saturated heterocycles. The summed E-state index contributed by atoms with van der Waals surface area (Å²) in [7, 11) is 0. The van der Waals surface area contributed by atoms with Crippen molar-refractivity contribution in [2.75, 3.05) is 0 Å². The molecule has 4 heteroatoms. The van der Waals surface area contributed by atoms with Crippen LogP contribution in [0.4, 0.5) is 11.4 Å². The van der Waals surface area contributed by atoms with Gasteiger partial charge in [-0.15, -0.1) is 0 Å². The molecular weight excluding hydrogens is 288 g/mol. The van der Waals surface area contributed by atoms with Crippen LogP contribution >= 0.6 is 0 Å². The first-order valence-corrected chi connectivity index (χ1v) is 8.06. The van der Waals surface area contributed by atoms with Gasteiger partial charge in [-0.3, -0.25) is 15.1 Å². The fourth-order valence-electron chi connectivity index (χ4n) is 2.34. The SMILES string of the molecule is CCCCCCc1ccc(N=Cc2ccc([N+](=O)[O-])cc2)cc1. The zero-order chi connectivity index (χ0) is 16.5. The smallest absolute Gasteiger partial charge is 0.258 e. The summed E-state index contributed by atoms with van der Waals surface area (Å²) in [6, 6.07) is 14.6. The van der Waals surface area contributed by atoms with E-state index in [-0.39, 0.29) is 5.69 Å². The number of aliphatic imine (C=N–C) groups is 1. The van der Waals surface area contributed by atoms with Crippen molar-refractivity contribution in [2.45, 2.75) is 39.0 Å². The number of unbranched alkanes of at least 4 members (excludes halogenated alkanes) is 3. The van der Waals surface area contributed by atoms with Crippen LogP contribution < -0.4 is 0 Å². The van der Waals surface area contributed by atoms with E-state index in [1.807, 2.05) is 12.1 Å². The maximum Gasteiger partial charge on any atom is 0.269 e. The van der Waals surface area contributed by atoms with Gasteiger partial charge in [-0.1, -0.05) is 38.3 Å². The van der Waals surface area contributed by atoms with Crippen LogP contribution in [0, 0.1) is 10.1 Å². The summed E-state index contributed by atoms with van der Waals surface area (Å²) in [5.41, 5.74) is 3.17. The molecule has 0 aliphatic rings. The van der Waals surface area contributed by atoms with E-state index in [2.05, 4.69) is 24.0 Å². The van der Waals surface area contributed by atoms with Crippen LogP contribution in [0.2, 0.25) is 0 Å². The van der Waals surface area contributed by atoms with E-state index < -0.39 is 4.92 Å². The summed E-state index contributed by atoms with van der Waals surface area (Å²) >= 11 is 0. The van der Waals surface area contributed by atoms with Crippen molar-refractivity contribution in [3.8, 4) is 0 Å². The van der Waals surface area contributed by atoms with Crippen molar-refractivity contribution in [2.24, 2.45) is 4.99 Å². The number of nitrogens with zero attached hydrogens (tertiary/aromatic N) is 2. The summed E-state index contributed by atoms with van der Waals surface area (Å²) < 4.78 is 0. The van der Waals surface area contributed by atoms with E-state index in [9.17, 15) is 10.1 Å². The summed E-state index contributed by atoms with van der Waals surface area (Å²) in [6.45, 7) is 2.22. The molecule has 0 bridgehead atoms. The molecule has 0 aromatic heterocycles. The number of non-ortho nitro benzene ring substituents is 1. The van der Waals surface area contributed by atoms with Crippen molar-refractivity contribution in [3.05, 3.63) is 69.8 Å². The molecule has 2 aromatic carbocycles. The van der Waals surface area contributed by atoms with Crippen LogP contribution in [-0.2, 0) is 6.42 Å². The molecule has 0 fully saturated rings. The highest BCUT2D eigenvalue weighted by atomic mass is 16.6. The molecular formula is C19H22N2O2. The third-order valence-electron chi connectivity index (χ3n) is 3.72. The zero-order valence-corrected chi connectivity index (χ0v) is 13.4. The average Bonchev–Trinajstić information content (AvgIpc) is 2.58. The molecule has 23 heavy (non-hydrogen) atoms. The lowest BCUT2D eigenvalue weighted by atomic mass is 10.1. The number of rotatable bonds is 8. The lowest BCUT2D eigenvalue weighted by molar-refractivity contribution is -0.384. The van der Waals surface area contributed by atoms with Gasteiger partial charge >= 0.3 is 0 Å². The number of benzene rings is 2. The van der Waals surface area contributed by atoms with Gasteiger partial charge < -0.3 is 0 Å². The van der Waals surface area contributed by atoms with Gasteiger partial charge in [-0.25, -0.2) is 0 Å². The van der Waals surface area contributed by atoms with Gasteiger partial charge in [-0.2, -0.15) is 0 Å². The van der Waals surface area contributed by atoms with E-state index in [0.29, 0.717) is 0 Å². The fraction of sp³-hybridized carbons (Fsp3) is 0.316. The van der Waals surface area contributed by atoms with Crippen molar-refractivity contribution < 1.29 is 4.92 Å². The molecule has 2 rings (SSSR count). The Morgan fingerprint density at radius 1 is 1.00 bits per heavy atom. The monoisotopic (exact) mass is 310 g/mol. The Hall–Kier alpha value is -2.49. The molecule has 0 heterocycles. The second-order valence-electron chi connectivity index (χ2n) is 5.58. The Bertz CT molecular complexity index is 646. The minimum Gasteiger partial charge on any atom is -0.258 e. The Labute approximate surface area is 137 Å². The van der Waals surface area contributed by atoms with Crippen LogP contribution in [0.3, 0.4) is 0 Å². The molecule has 0 spiro atoms. The second-order valence-corrected chi connectivity index (χ2v) is 5.58. The van der Waals surface area contributed by atoms with E-state index in [0.717, 1.165) is 17.7 Å². The van der Waals surface area contributed by atoms with Crippen LogP contribution in [0.25, 0.3) is 0 Å². The van der Waals surface area contributed by atoms with Crippen LogP contribution in [0.1, 0.15) is 43.7 Å². The normalized spacial score (nSPS) is 11.0. The standard InChI is InChI=1S/C19H22N2O2/c1-2-3-4-5-6-16-7-11-18(12-8-16)20-15-17-9-13-19(14-10-17)21(22)23/h7-15H,2-6H2,1H3. The first kappa shape index (κ1) is 16.9. The molecule has 2 aromatic rings. The van der Waals surface area contributed by atoms with Gasteiger partial charge in [0.25, 0.3) is 5.69 Å². The second kappa shape index (κ2) is 8.83. The summed E-state index contributed by atoms with van der Waals surface area (Å²) in [6.07, 6.45) is 7.93. The Morgan fingerprint density at radius 2 is 1.70 bits per heavy atom. The highest BCUT2D eigenvalue weighted by Crippen LogP contribution is 2.16. The molecule has 0 unspecified atom stereocenters. The third-order valence-corrected chi connectivity index (χ3v) is 3.72. The molecule has 0 aliphatic carbocycles. The molecule has 0 N–H and O–H groups in total. The highest BCUT2D eigenvalue weighted by molar-refractivity contribution is 5.82. The fourth-order valence-corrected chi connectivity index (χ4v) is 2.34. The Morgan fingerprint density at radius 3 is 2.30 bits per heavy atom. The predicted molar refractivity (Wildman–Crippen MR) is 94.6 cm³/mol. The first-order valence-electron chi connectivity index (χ1n) is 8.06. The number of hydrogen-bond donors (Lipinski definition) is 0. The lowest BCUT2D eigenvalue weighted by Gasteiger charge is -2.01. The van der Waals surface area contributed by atoms with Crippen molar-refractivity contribution >= 4 is 17.6 Å². The number of nitro benzene ring substituents is 1. The molecule has 4 nitrogen and oxygen atoms in total. The predicted octanol–water partition coefficient (Wildman–Crippen LogP) is 5.47. The molecule has 0 radical (unpaired) electrons. The topological polar surface area (TPSA) is 55.5 Å². The quantitative estimate of drug-likeness (QED) is 0.281. The maximum atomic E-state index is 10.6. The lowest BCUT2D eigenvalue weighted by Crippen LogP contribution is -1.88. The highest BCUT2D eigenvalue weighted by Gasteiger charge is 2.02. The van der Waals surface area contributed by atoms with Crippen molar-refractivity contribution in [1.82, 2.24) is 0 Å². The van der Waals surface area contributed by atoms with Gasteiger partial charge in [0.1, 0.15) is 0 Å². The van der Waals surface area contributed by atoms with Crippen LogP contribution in [0.15, 0.2) is 53.5 Å². The summed E-state index contributed by atoms with van der Waals surface area (Å²) in [5.74, 6) is 0. The van der Waals surface area contributed by atoms with Gasteiger partial charge in [0.15, 0.2) is 0 Å². The van der Waals surface area contributed by atoms with Gasteiger partial charge in [0.2, 0.25) is 0 Å². The Balaban J connectivity index is 1.90. The molecule has 120 valence electrons. The van der Waals surface area contributed by atoms with E-state index >= 15 is 0 Å². The first-order chi connectivity index (χ1) is 11.2. The average molecular weight is 310 g/mol. The van der Waals surface area contributed by atoms with Crippen LogP contribution in [0.5, 0.6) is 0 Å².